The predicted molar refractivity (Wildman–Crippen MR) is 74.6 cm³/mol. The number of sulfonamides is 1. The van der Waals surface area contributed by atoms with E-state index in [0.717, 1.165) is 0 Å². The topological polar surface area (TPSA) is 79.5 Å². The van der Waals surface area contributed by atoms with Crippen LogP contribution in [0.5, 0.6) is 0 Å². The van der Waals surface area contributed by atoms with Crippen LogP contribution in [0.2, 0.25) is 5.02 Å². The summed E-state index contributed by atoms with van der Waals surface area (Å²) in [6.45, 7) is -0.361. The van der Waals surface area contributed by atoms with Crippen LogP contribution >= 0.6 is 27.5 Å². The van der Waals surface area contributed by atoms with Gasteiger partial charge in [0.1, 0.15) is 12.4 Å². The monoisotopic (exact) mass is 365 g/mol. The molecule has 19 heavy (non-hydrogen) atoms. The number of benzene rings is 1. The minimum absolute atomic E-state index is 0.176. The molecule has 0 atom stereocenters. The van der Waals surface area contributed by atoms with Crippen LogP contribution in [0.1, 0.15) is 5.76 Å². The Bertz CT molecular complexity index is 698. The van der Waals surface area contributed by atoms with Gasteiger partial charge in [0, 0.05) is 9.50 Å². The van der Waals surface area contributed by atoms with Crippen LogP contribution in [-0.2, 0) is 16.6 Å². The van der Waals surface area contributed by atoms with Gasteiger partial charge in [-0.3, -0.25) is 4.72 Å². The number of nitrogens with one attached hydrogen (secondary N) is 1. The number of furan rings is 1. The highest BCUT2D eigenvalue weighted by molar-refractivity contribution is 9.10. The summed E-state index contributed by atoms with van der Waals surface area (Å²) in [5.74, 6) is 0.176. The Hall–Kier alpha value is -1.02. The van der Waals surface area contributed by atoms with Crippen molar-refractivity contribution in [2.45, 2.75) is 11.7 Å². The summed E-state index contributed by atoms with van der Waals surface area (Å²) in [5.41, 5.74) is 0.339. The van der Waals surface area contributed by atoms with Crippen molar-refractivity contribution in [3.05, 3.63) is 45.6 Å². The average Bonchev–Trinajstić information content (AvgIpc) is 2.82. The minimum atomic E-state index is -3.84. The molecule has 0 aliphatic carbocycles. The molecular weight excluding hydrogens is 358 g/mol. The van der Waals surface area contributed by atoms with E-state index in [4.69, 9.17) is 21.1 Å². The zero-order valence-electron chi connectivity index (χ0n) is 9.43. The fraction of sp³-hybridized carbons (Fsp3) is 0.0909. The van der Waals surface area contributed by atoms with Crippen LogP contribution in [0.15, 0.2) is 44.3 Å². The second-order valence-corrected chi connectivity index (χ2v) is 6.51. The van der Waals surface area contributed by atoms with E-state index in [1.165, 1.54) is 18.2 Å². The van der Waals surface area contributed by atoms with Gasteiger partial charge in [0.25, 0.3) is 10.0 Å². The van der Waals surface area contributed by atoms with Crippen LogP contribution < -0.4 is 4.72 Å². The Morgan fingerprint density at radius 2 is 2.05 bits per heavy atom. The zero-order chi connectivity index (χ0) is 14.0. The fourth-order valence-corrected chi connectivity index (χ4v) is 3.30. The van der Waals surface area contributed by atoms with Crippen molar-refractivity contribution < 1.29 is 17.9 Å². The molecule has 0 fully saturated rings. The van der Waals surface area contributed by atoms with E-state index in [1.807, 2.05) is 0 Å². The minimum Gasteiger partial charge on any atom is -0.445 e. The molecule has 2 rings (SSSR count). The lowest BCUT2D eigenvalue weighted by molar-refractivity contribution is 0.236. The van der Waals surface area contributed by atoms with Gasteiger partial charge in [-0.15, -0.1) is 0 Å². The van der Waals surface area contributed by atoms with Crippen molar-refractivity contribution >= 4 is 43.2 Å². The van der Waals surface area contributed by atoms with Gasteiger partial charge in [-0.1, -0.05) is 11.6 Å². The molecule has 2 aromatic rings. The first kappa shape index (κ1) is 14.4. The molecule has 1 aromatic carbocycles. The molecule has 0 saturated heterocycles. The average molecular weight is 367 g/mol. The normalized spacial score (nSPS) is 11.5. The third-order valence-corrected chi connectivity index (χ3v) is 4.36. The summed E-state index contributed by atoms with van der Waals surface area (Å²) in [5, 5.41) is 9.07. The van der Waals surface area contributed by atoms with Crippen molar-refractivity contribution in [1.82, 2.24) is 0 Å². The standard InChI is InChI=1S/C11H9BrClNO4S/c12-9-5-7(13)1-3-10(9)14-19(16,17)11-4-2-8(6-15)18-11/h1-5,14-15H,6H2. The molecule has 1 aromatic heterocycles. The fourth-order valence-electron chi connectivity index (χ4n) is 1.35. The quantitative estimate of drug-likeness (QED) is 0.872. The summed E-state index contributed by atoms with van der Waals surface area (Å²) < 4.78 is 31.9. The van der Waals surface area contributed by atoms with Gasteiger partial charge in [-0.2, -0.15) is 8.42 Å². The second kappa shape index (κ2) is 5.54. The maximum Gasteiger partial charge on any atom is 0.295 e. The summed E-state index contributed by atoms with van der Waals surface area (Å²) in [7, 11) is -3.84. The summed E-state index contributed by atoms with van der Waals surface area (Å²) in [6, 6.07) is 7.33. The van der Waals surface area contributed by atoms with Crippen molar-refractivity contribution in [2.24, 2.45) is 0 Å². The Balaban J connectivity index is 2.30. The Labute approximate surface area is 123 Å². The van der Waals surface area contributed by atoms with Crippen LogP contribution in [0.3, 0.4) is 0 Å². The molecule has 0 radical (unpaired) electrons. The molecule has 2 N–H and O–H groups in total. The van der Waals surface area contributed by atoms with E-state index in [2.05, 4.69) is 20.7 Å². The molecule has 0 saturated carbocycles. The Kier molecular flexibility index (Phi) is 4.19. The molecular formula is C11H9BrClNO4S. The lowest BCUT2D eigenvalue weighted by atomic mass is 10.3. The second-order valence-electron chi connectivity index (χ2n) is 3.61. The van der Waals surface area contributed by atoms with Crippen molar-refractivity contribution in [1.29, 1.82) is 0 Å². The smallest absolute Gasteiger partial charge is 0.295 e. The van der Waals surface area contributed by atoms with E-state index < -0.39 is 10.0 Å². The van der Waals surface area contributed by atoms with Gasteiger partial charge in [0.15, 0.2) is 0 Å². The highest BCUT2D eigenvalue weighted by atomic mass is 79.9. The van der Waals surface area contributed by atoms with Gasteiger partial charge in [0.2, 0.25) is 5.09 Å². The van der Waals surface area contributed by atoms with Crippen LogP contribution in [-0.4, -0.2) is 13.5 Å². The maximum absolute atomic E-state index is 12.0. The highest BCUT2D eigenvalue weighted by Gasteiger charge is 2.19. The highest BCUT2D eigenvalue weighted by Crippen LogP contribution is 2.28. The molecule has 8 heteroatoms. The molecule has 0 spiro atoms. The Morgan fingerprint density at radius 1 is 1.32 bits per heavy atom. The molecule has 0 aliphatic rings. The van der Waals surface area contributed by atoms with Crippen molar-refractivity contribution in [3.63, 3.8) is 0 Å². The number of hydrogen-bond acceptors (Lipinski definition) is 4. The number of aliphatic hydroxyl groups is 1. The summed E-state index contributed by atoms with van der Waals surface area (Å²) in [4.78, 5) is 0. The van der Waals surface area contributed by atoms with E-state index >= 15 is 0 Å². The predicted octanol–water partition coefficient (Wildman–Crippen LogP) is 2.99. The van der Waals surface area contributed by atoms with Gasteiger partial charge < -0.3 is 9.52 Å². The number of rotatable bonds is 4. The first-order chi connectivity index (χ1) is 8.92. The molecule has 102 valence electrons. The number of hydrogen-bond donors (Lipinski definition) is 2. The third-order valence-electron chi connectivity index (χ3n) is 2.23. The molecule has 1 heterocycles. The SMILES string of the molecule is O=S(=O)(Nc1ccc(Cl)cc1Br)c1ccc(CO)o1. The first-order valence-electron chi connectivity index (χ1n) is 5.10. The molecule has 0 unspecified atom stereocenters. The lowest BCUT2D eigenvalue weighted by Gasteiger charge is -2.07. The molecule has 0 aliphatic heterocycles. The number of aliphatic hydroxyl groups excluding tert-OH is 1. The number of halogens is 2. The number of anilines is 1. The van der Waals surface area contributed by atoms with E-state index in [1.54, 1.807) is 12.1 Å². The van der Waals surface area contributed by atoms with E-state index in [-0.39, 0.29) is 17.5 Å². The van der Waals surface area contributed by atoms with Crippen LogP contribution in [0.25, 0.3) is 0 Å². The van der Waals surface area contributed by atoms with Gasteiger partial charge in [-0.25, -0.2) is 0 Å². The molecule has 0 bridgehead atoms. The van der Waals surface area contributed by atoms with Gasteiger partial charge >= 0.3 is 0 Å². The Morgan fingerprint density at radius 3 is 2.63 bits per heavy atom. The van der Waals surface area contributed by atoms with Gasteiger partial charge in [0.05, 0.1) is 5.69 Å². The van der Waals surface area contributed by atoms with Crippen molar-refractivity contribution in [2.75, 3.05) is 4.72 Å². The summed E-state index contributed by atoms with van der Waals surface area (Å²) >= 11 is 8.98. The lowest BCUT2D eigenvalue weighted by Crippen LogP contribution is -2.12. The van der Waals surface area contributed by atoms with Crippen LogP contribution in [0.4, 0.5) is 5.69 Å². The van der Waals surface area contributed by atoms with E-state index in [0.29, 0.717) is 15.2 Å². The summed E-state index contributed by atoms with van der Waals surface area (Å²) in [6.07, 6.45) is 0. The van der Waals surface area contributed by atoms with E-state index in [9.17, 15) is 8.42 Å². The molecule has 0 amide bonds. The third kappa shape index (κ3) is 3.30. The maximum atomic E-state index is 12.0. The largest absolute Gasteiger partial charge is 0.445 e. The van der Waals surface area contributed by atoms with Gasteiger partial charge in [-0.05, 0) is 46.3 Å². The van der Waals surface area contributed by atoms with Crippen molar-refractivity contribution in [3.8, 4) is 0 Å². The van der Waals surface area contributed by atoms with Crippen LogP contribution in [0, 0.1) is 0 Å². The zero-order valence-corrected chi connectivity index (χ0v) is 12.6. The molecule has 5 nitrogen and oxygen atoms in total. The first-order valence-corrected chi connectivity index (χ1v) is 7.75.